The number of benzene rings is 1. The summed E-state index contributed by atoms with van der Waals surface area (Å²) in [6, 6.07) is 8.21. The Balaban J connectivity index is 1.85. The lowest BCUT2D eigenvalue weighted by molar-refractivity contribution is -0.397. The molecule has 112 valence electrons. The lowest BCUT2D eigenvalue weighted by Crippen LogP contribution is -2.45. The first-order chi connectivity index (χ1) is 9.72. The van der Waals surface area contributed by atoms with E-state index in [1.54, 1.807) is 5.06 Å². The van der Waals surface area contributed by atoms with Crippen molar-refractivity contribution in [1.82, 2.24) is 5.06 Å². The first-order valence-corrected chi connectivity index (χ1v) is 7.27. The van der Waals surface area contributed by atoms with Gasteiger partial charge >= 0.3 is 0 Å². The molecule has 20 heavy (non-hydrogen) atoms. The van der Waals surface area contributed by atoms with Gasteiger partial charge in [-0.3, -0.25) is 0 Å². The Morgan fingerprint density at radius 2 is 1.80 bits per heavy atom. The molecular weight excluding hydrogens is 256 g/mol. The topological polar surface area (TPSA) is 45.2 Å². The maximum absolute atomic E-state index is 8.60. The molecule has 1 N–H and O–H groups in total. The monoisotopic (exact) mass is 280 g/mol. The summed E-state index contributed by atoms with van der Waals surface area (Å²) in [6.45, 7) is 8.21. The van der Waals surface area contributed by atoms with Crippen molar-refractivity contribution in [2.75, 3.05) is 37.7 Å². The van der Waals surface area contributed by atoms with Gasteiger partial charge in [0.15, 0.2) is 0 Å². The van der Waals surface area contributed by atoms with Gasteiger partial charge < -0.3 is 9.64 Å². The Morgan fingerprint density at radius 3 is 2.35 bits per heavy atom. The minimum atomic E-state index is 0.584. The zero-order chi connectivity index (χ0) is 14.4. The third-order valence-corrected chi connectivity index (χ3v) is 3.79. The van der Waals surface area contributed by atoms with Crippen LogP contribution in [0.25, 0.3) is 0 Å². The number of rotatable bonds is 6. The van der Waals surface area contributed by atoms with Crippen LogP contribution in [0.1, 0.15) is 20.3 Å². The second-order valence-electron chi connectivity index (χ2n) is 5.32. The lowest BCUT2D eigenvalue weighted by atomic mass is 10.1. The fourth-order valence-electron chi connectivity index (χ4n) is 2.14. The van der Waals surface area contributed by atoms with E-state index in [1.807, 2.05) is 12.1 Å². The molecule has 0 aromatic heterocycles. The van der Waals surface area contributed by atoms with Gasteiger partial charge in [0.25, 0.3) is 0 Å². The maximum Gasteiger partial charge on any atom is 0.119 e. The summed E-state index contributed by atoms with van der Waals surface area (Å²) in [4.78, 5) is 6.52. The van der Waals surface area contributed by atoms with E-state index in [4.69, 9.17) is 9.99 Å². The average Bonchev–Trinajstić information content (AvgIpc) is 2.53. The van der Waals surface area contributed by atoms with Gasteiger partial charge in [-0.15, -0.1) is 4.99 Å². The van der Waals surface area contributed by atoms with Gasteiger partial charge in [0, 0.05) is 31.9 Å². The SMILES string of the molecule is CCC(C)COc1ccc(N2CCN(OO)CC2)cc1. The molecule has 1 aliphatic rings. The van der Waals surface area contributed by atoms with Crippen molar-refractivity contribution in [3.05, 3.63) is 24.3 Å². The van der Waals surface area contributed by atoms with Crippen molar-refractivity contribution in [3.8, 4) is 5.75 Å². The number of hydrogen-bond donors (Lipinski definition) is 1. The molecule has 0 spiro atoms. The molecule has 1 fully saturated rings. The summed E-state index contributed by atoms with van der Waals surface area (Å²) in [5.74, 6) is 1.51. The van der Waals surface area contributed by atoms with Crippen molar-refractivity contribution in [2.24, 2.45) is 5.92 Å². The molecule has 1 aromatic rings. The van der Waals surface area contributed by atoms with E-state index in [9.17, 15) is 0 Å². The molecule has 1 heterocycles. The van der Waals surface area contributed by atoms with E-state index in [0.29, 0.717) is 19.0 Å². The largest absolute Gasteiger partial charge is 0.493 e. The highest BCUT2D eigenvalue weighted by atomic mass is 17.2. The molecule has 2 rings (SSSR count). The summed E-state index contributed by atoms with van der Waals surface area (Å²) in [5.41, 5.74) is 1.18. The van der Waals surface area contributed by atoms with E-state index in [1.165, 1.54) is 5.69 Å². The predicted octanol–water partition coefficient (Wildman–Crippen LogP) is 2.64. The molecule has 0 saturated carbocycles. The fraction of sp³-hybridized carbons (Fsp3) is 0.600. The van der Waals surface area contributed by atoms with Gasteiger partial charge in [0.05, 0.1) is 6.61 Å². The minimum Gasteiger partial charge on any atom is -0.493 e. The number of hydrogen-bond acceptors (Lipinski definition) is 5. The van der Waals surface area contributed by atoms with Crippen molar-refractivity contribution in [2.45, 2.75) is 20.3 Å². The van der Waals surface area contributed by atoms with Gasteiger partial charge in [0.1, 0.15) is 5.75 Å². The second kappa shape index (κ2) is 7.47. The normalized spacial score (nSPS) is 18.1. The van der Waals surface area contributed by atoms with Crippen LogP contribution in [0.3, 0.4) is 0 Å². The van der Waals surface area contributed by atoms with Crippen molar-refractivity contribution in [1.29, 1.82) is 0 Å². The Bertz CT molecular complexity index is 389. The van der Waals surface area contributed by atoms with Gasteiger partial charge in [-0.1, -0.05) is 20.3 Å². The minimum absolute atomic E-state index is 0.584. The van der Waals surface area contributed by atoms with Crippen LogP contribution in [-0.2, 0) is 4.99 Å². The molecule has 0 aliphatic carbocycles. The molecule has 1 aromatic carbocycles. The number of hydroxylamine groups is 2. The molecule has 1 atom stereocenters. The van der Waals surface area contributed by atoms with Crippen LogP contribution >= 0.6 is 0 Å². The Labute approximate surface area is 120 Å². The molecule has 5 heteroatoms. The number of anilines is 1. The van der Waals surface area contributed by atoms with Crippen LogP contribution in [0.15, 0.2) is 24.3 Å². The zero-order valence-corrected chi connectivity index (χ0v) is 12.3. The van der Waals surface area contributed by atoms with Crippen LogP contribution < -0.4 is 9.64 Å². The van der Waals surface area contributed by atoms with Crippen LogP contribution in [0, 0.1) is 5.92 Å². The van der Waals surface area contributed by atoms with E-state index in [2.05, 4.69) is 35.9 Å². The number of nitrogens with zero attached hydrogens (tertiary/aromatic N) is 2. The van der Waals surface area contributed by atoms with E-state index in [0.717, 1.165) is 31.9 Å². The highest BCUT2D eigenvalue weighted by Crippen LogP contribution is 2.21. The van der Waals surface area contributed by atoms with Crippen molar-refractivity contribution >= 4 is 5.69 Å². The molecule has 0 amide bonds. The molecular formula is C15H24N2O3. The zero-order valence-electron chi connectivity index (χ0n) is 12.3. The summed E-state index contributed by atoms with van der Waals surface area (Å²) in [6.07, 6.45) is 1.13. The smallest absolute Gasteiger partial charge is 0.119 e. The van der Waals surface area contributed by atoms with Crippen LogP contribution in [0.5, 0.6) is 5.75 Å². The van der Waals surface area contributed by atoms with Gasteiger partial charge in [-0.05, 0) is 30.2 Å². The van der Waals surface area contributed by atoms with Gasteiger partial charge in [0.2, 0.25) is 0 Å². The Kier molecular flexibility index (Phi) is 5.64. The highest BCUT2D eigenvalue weighted by Gasteiger charge is 2.17. The molecule has 1 saturated heterocycles. The van der Waals surface area contributed by atoms with Crippen molar-refractivity contribution < 1.29 is 15.0 Å². The van der Waals surface area contributed by atoms with Crippen LogP contribution in [-0.4, -0.2) is 43.1 Å². The highest BCUT2D eigenvalue weighted by molar-refractivity contribution is 5.49. The van der Waals surface area contributed by atoms with E-state index in [-0.39, 0.29) is 0 Å². The molecule has 1 aliphatic heterocycles. The summed E-state index contributed by atoms with van der Waals surface area (Å²) >= 11 is 0. The standard InChI is InChI=1S/C15H24N2O3/c1-3-13(2)12-19-15-6-4-14(5-7-15)16-8-10-17(20-18)11-9-16/h4-7,13,18H,3,8-12H2,1-2H3. The van der Waals surface area contributed by atoms with Gasteiger partial charge in [-0.25, -0.2) is 5.26 Å². The molecule has 5 nitrogen and oxygen atoms in total. The second-order valence-corrected chi connectivity index (χ2v) is 5.32. The third kappa shape index (κ3) is 4.10. The van der Waals surface area contributed by atoms with E-state index >= 15 is 0 Å². The summed E-state index contributed by atoms with van der Waals surface area (Å²) in [7, 11) is 0. The van der Waals surface area contributed by atoms with Crippen LogP contribution in [0.4, 0.5) is 5.69 Å². The van der Waals surface area contributed by atoms with E-state index < -0.39 is 0 Å². The first kappa shape index (κ1) is 15.1. The quantitative estimate of drug-likeness (QED) is 0.641. The molecule has 0 radical (unpaired) electrons. The lowest BCUT2D eigenvalue weighted by Gasteiger charge is -2.33. The summed E-state index contributed by atoms with van der Waals surface area (Å²) in [5, 5.41) is 10.2. The Morgan fingerprint density at radius 1 is 1.15 bits per heavy atom. The number of piperazine rings is 1. The summed E-state index contributed by atoms with van der Waals surface area (Å²) < 4.78 is 5.76. The third-order valence-electron chi connectivity index (χ3n) is 3.79. The average molecular weight is 280 g/mol. The first-order valence-electron chi connectivity index (χ1n) is 7.27. The van der Waals surface area contributed by atoms with Crippen LogP contribution in [0.2, 0.25) is 0 Å². The molecule has 1 unspecified atom stereocenters. The predicted molar refractivity (Wildman–Crippen MR) is 78.9 cm³/mol. The Hall–Kier alpha value is -1.30. The van der Waals surface area contributed by atoms with Crippen molar-refractivity contribution in [3.63, 3.8) is 0 Å². The van der Waals surface area contributed by atoms with Gasteiger partial charge in [-0.2, -0.15) is 5.06 Å². The molecule has 0 bridgehead atoms. The maximum atomic E-state index is 8.60. The fourth-order valence-corrected chi connectivity index (χ4v) is 2.14. The number of ether oxygens (including phenoxy) is 1.